The molecule has 8 nitrogen and oxygen atoms in total. The molecule has 2 aromatic carbocycles. The number of nitrogens with one attached hydrogen (secondary N) is 2. The van der Waals surface area contributed by atoms with Crippen LogP contribution in [0.1, 0.15) is 19.8 Å². The predicted molar refractivity (Wildman–Crippen MR) is 133 cm³/mol. The van der Waals surface area contributed by atoms with E-state index in [0.29, 0.717) is 18.3 Å². The third-order valence-electron chi connectivity index (χ3n) is 5.74. The lowest BCUT2D eigenvalue weighted by molar-refractivity contribution is -0.113. The highest BCUT2D eigenvalue weighted by atomic mass is 32.2. The van der Waals surface area contributed by atoms with E-state index < -0.39 is 0 Å². The van der Waals surface area contributed by atoms with Crippen molar-refractivity contribution >= 4 is 34.3 Å². The Hall–Kier alpha value is -3.30. The molecule has 1 unspecified atom stereocenters. The van der Waals surface area contributed by atoms with E-state index in [9.17, 15) is 4.79 Å². The van der Waals surface area contributed by atoms with Gasteiger partial charge in [0.1, 0.15) is 5.75 Å². The van der Waals surface area contributed by atoms with Crippen LogP contribution in [0.3, 0.4) is 0 Å². The molecule has 1 atom stereocenters. The third-order valence-corrected chi connectivity index (χ3v) is 6.71. The minimum atomic E-state index is -0.102. The zero-order valence-electron chi connectivity index (χ0n) is 19.0. The molecule has 0 radical (unpaired) electrons. The maximum atomic E-state index is 12.6. The Balaban J connectivity index is 1.33. The van der Waals surface area contributed by atoms with Crippen LogP contribution in [0.15, 0.2) is 59.9 Å². The van der Waals surface area contributed by atoms with E-state index in [1.54, 1.807) is 0 Å². The van der Waals surface area contributed by atoms with Gasteiger partial charge in [0.15, 0.2) is 11.0 Å². The molecule has 1 amide bonds. The van der Waals surface area contributed by atoms with Crippen LogP contribution in [0, 0.1) is 0 Å². The van der Waals surface area contributed by atoms with Crippen LogP contribution >= 0.6 is 11.8 Å². The third kappa shape index (κ3) is 4.95. The molecular formula is C25H27N5O3S. The molecule has 5 rings (SSSR count). The van der Waals surface area contributed by atoms with Crippen LogP contribution in [0.25, 0.3) is 22.3 Å². The van der Waals surface area contributed by atoms with Crippen molar-refractivity contribution in [2.45, 2.75) is 37.6 Å². The molecule has 0 aliphatic carbocycles. The van der Waals surface area contributed by atoms with E-state index in [1.165, 1.54) is 11.8 Å². The number of hydrogen-bond acceptors (Lipinski definition) is 6. The van der Waals surface area contributed by atoms with Gasteiger partial charge in [-0.3, -0.25) is 9.36 Å². The Morgan fingerprint density at radius 2 is 2.09 bits per heavy atom. The van der Waals surface area contributed by atoms with Crippen LogP contribution in [0.4, 0.5) is 5.69 Å². The van der Waals surface area contributed by atoms with Crippen molar-refractivity contribution < 1.29 is 14.3 Å². The van der Waals surface area contributed by atoms with Gasteiger partial charge in [0, 0.05) is 35.0 Å². The zero-order valence-corrected chi connectivity index (χ0v) is 19.8. The minimum absolute atomic E-state index is 0.102. The summed E-state index contributed by atoms with van der Waals surface area (Å²) in [7, 11) is 0. The van der Waals surface area contributed by atoms with E-state index in [4.69, 9.17) is 9.47 Å². The normalized spacial score (nSPS) is 15.6. The summed E-state index contributed by atoms with van der Waals surface area (Å²) in [6.45, 7) is 3.98. The Morgan fingerprint density at radius 3 is 2.88 bits per heavy atom. The largest absolute Gasteiger partial charge is 0.494 e. The number of benzene rings is 2. The monoisotopic (exact) mass is 477 g/mol. The quantitative estimate of drug-likeness (QED) is 0.338. The van der Waals surface area contributed by atoms with Crippen molar-refractivity contribution in [3.8, 4) is 17.1 Å². The average Bonchev–Trinajstić information content (AvgIpc) is 3.60. The van der Waals surface area contributed by atoms with Gasteiger partial charge < -0.3 is 19.8 Å². The summed E-state index contributed by atoms with van der Waals surface area (Å²) < 4.78 is 13.4. The molecule has 0 saturated carbocycles. The standard InChI is InChI=1S/C25H27N5O3S/c1-2-32-18-11-9-17(10-12-18)27-23(31)16-34-25-29-28-24(30(25)15-19-6-5-13-33-19)21-14-26-22-8-4-3-7-20(21)22/h3-4,7-12,14,19,26H,2,5-6,13,15-16H2,1H3,(H,27,31). The number of aromatic amines is 1. The number of para-hydroxylation sites is 1. The van der Waals surface area contributed by atoms with Gasteiger partial charge in [-0.2, -0.15) is 0 Å². The highest BCUT2D eigenvalue weighted by Crippen LogP contribution is 2.31. The fourth-order valence-corrected chi connectivity index (χ4v) is 4.88. The number of carbonyl (C=O) groups excluding carboxylic acids is 1. The topological polar surface area (TPSA) is 94.1 Å². The number of thioether (sulfide) groups is 1. The van der Waals surface area contributed by atoms with Gasteiger partial charge in [0.05, 0.1) is 25.0 Å². The number of amides is 1. The van der Waals surface area contributed by atoms with Crippen LogP contribution < -0.4 is 10.1 Å². The Kier molecular flexibility index (Phi) is 6.82. The maximum absolute atomic E-state index is 12.6. The number of anilines is 1. The van der Waals surface area contributed by atoms with Gasteiger partial charge in [-0.05, 0) is 50.1 Å². The van der Waals surface area contributed by atoms with Crippen molar-refractivity contribution in [2.24, 2.45) is 0 Å². The summed E-state index contributed by atoms with van der Waals surface area (Å²) >= 11 is 1.38. The number of carbonyl (C=O) groups is 1. The van der Waals surface area contributed by atoms with E-state index in [2.05, 4.69) is 31.1 Å². The Bertz CT molecular complexity index is 1260. The molecule has 1 saturated heterocycles. The van der Waals surface area contributed by atoms with Gasteiger partial charge in [-0.25, -0.2) is 0 Å². The summed E-state index contributed by atoms with van der Waals surface area (Å²) in [6, 6.07) is 15.5. The first-order chi connectivity index (χ1) is 16.7. The van der Waals surface area contributed by atoms with Gasteiger partial charge in [-0.1, -0.05) is 30.0 Å². The molecule has 1 aliphatic heterocycles. The van der Waals surface area contributed by atoms with Crippen LogP contribution in [0.5, 0.6) is 5.75 Å². The molecule has 3 heterocycles. The minimum Gasteiger partial charge on any atom is -0.494 e. The molecule has 1 fully saturated rings. The van der Waals surface area contributed by atoms with Crippen molar-refractivity contribution in [3.63, 3.8) is 0 Å². The van der Waals surface area contributed by atoms with Gasteiger partial charge in [0.25, 0.3) is 0 Å². The zero-order chi connectivity index (χ0) is 23.3. The van der Waals surface area contributed by atoms with Gasteiger partial charge in [-0.15, -0.1) is 10.2 Å². The molecule has 4 aromatic rings. The predicted octanol–water partition coefficient (Wildman–Crippen LogP) is 4.73. The number of hydrogen-bond donors (Lipinski definition) is 2. The van der Waals surface area contributed by atoms with Crippen molar-refractivity contribution in [1.82, 2.24) is 19.7 Å². The first kappa shape index (κ1) is 22.5. The highest BCUT2D eigenvalue weighted by Gasteiger charge is 2.23. The van der Waals surface area contributed by atoms with E-state index >= 15 is 0 Å². The molecular weight excluding hydrogens is 450 g/mol. The van der Waals surface area contributed by atoms with Gasteiger partial charge >= 0.3 is 0 Å². The summed E-state index contributed by atoms with van der Waals surface area (Å²) in [5, 5.41) is 13.7. The van der Waals surface area contributed by atoms with Crippen molar-refractivity contribution in [1.29, 1.82) is 0 Å². The van der Waals surface area contributed by atoms with Crippen LogP contribution in [0.2, 0.25) is 0 Å². The first-order valence-corrected chi connectivity index (χ1v) is 12.5. The fraction of sp³-hybridized carbons (Fsp3) is 0.320. The molecule has 0 bridgehead atoms. The summed E-state index contributed by atoms with van der Waals surface area (Å²) in [5.74, 6) is 1.68. The lowest BCUT2D eigenvalue weighted by atomic mass is 10.1. The highest BCUT2D eigenvalue weighted by molar-refractivity contribution is 7.99. The lowest BCUT2D eigenvalue weighted by Gasteiger charge is -2.14. The number of nitrogens with zero attached hydrogens (tertiary/aromatic N) is 3. The maximum Gasteiger partial charge on any atom is 0.234 e. The average molecular weight is 478 g/mol. The number of H-pyrrole nitrogens is 1. The van der Waals surface area contributed by atoms with E-state index in [-0.39, 0.29) is 17.8 Å². The Labute approximate surface area is 202 Å². The van der Waals surface area contributed by atoms with Crippen molar-refractivity contribution in [2.75, 3.05) is 24.3 Å². The van der Waals surface area contributed by atoms with Crippen LogP contribution in [-0.2, 0) is 16.1 Å². The molecule has 176 valence electrons. The van der Waals surface area contributed by atoms with E-state index in [1.807, 2.05) is 55.6 Å². The smallest absolute Gasteiger partial charge is 0.234 e. The van der Waals surface area contributed by atoms with E-state index in [0.717, 1.165) is 53.2 Å². The number of aromatic nitrogens is 4. The molecule has 2 aromatic heterocycles. The van der Waals surface area contributed by atoms with Crippen molar-refractivity contribution in [3.05, 3.63) is 54.7 Å². The second-order valence-corrected chi connectivity index (χ2v) is 9.04. The summed E-state index contributed by atoms with van der Waals surface area (Å²) in [5.41, 5.74) is 2.77. The number of rotatable bonds is 9. The Morgan fingerprint density at radius 1 is 1.24 bits per heavy atom. The fourth-order valence-electron chi connectivity index (χ4n) is 4.14. The molecule has 9 heteroatoms. The number of fused-ring (bicyclic) bond motifs is 1. The molecule has 1 aliphatic rings. The summed E-state index contributed by atoms with van der Waals surface area (Å²) in [6.07, 6.45) is 4.15. The second kappa shape index (κ2) is 10.3. The summed E-state index contributed by atoms with van der Waals surface area (Å²) in [4.78, 5) is 15.9. The molecule has 34 heavy (non-hydrogen) atoms. The SMILES string of the molecule is CCOc1ccc(NC(=O)CSc2nnc(-c3c[nH]c4ccccc34)n2CC2CCCO2)cc1. The number of ether oxygens (including phenoxy) is 2. The molecule has 2 N–H and O–H groups in total. The van der Waals surface area contributed by atoms with Gasteiger partial charge in [0.2, 0.25) is 5.91 Å². The molecule has 0 spiro atoms. The lowest BCUT2D eigenvalue weighted by Crippen LogP contribution is -2.18. The van der Waals surface area contributed by atoms with Crippen LogP contribution in [-0.4, -0.2) is 50.7 Å². The second-order valence-electron chi connectivity index (χ2n) is 8.09. The first-order valence-electron chi connectivity index (χ1n) is 11.5.